The topological polar surface area (TPSA) is 64.7 Å². The average Bonchev–Trinajstić information content (AvgIpc) is 3.83. The van der Waals surface area contributed by atoms with Crippen LogP contribution in [0.4, 0.5) is 0 Å². The summed E-state index contributed by atoms with van der Waals surface area (Å²) >= 11 is 0. The van der Waals surface area contributed by atoms with E-state index in [1.165, 1.54) is 27.5 Å². The second-order valence-electron chi connectivity index (χ2n) is 14.6. The quantitative estimate of drug-likeness (QED) is 0.177. The monoisotopic (exact) mass is 726 g/mol. The first-order chi connectivity index (χ1) is 28.2. The van der Waals surface area contributed by atoms with Gasteiger partial charge in [0.15, 0.2) is 17.5 Å². The second kappa shape index (κ2) is 12.4. The van der Waals surface area contributed by atoms with Crippen LogP contribution in [0, 0.1) is 0 Å². The van der Waals surface area contributed by atoms with Gasteiger partial charge in [-0.3, -0.25) is 4.98 Å². The van der Waals surface area contributed by atoms with E-state index < -0.39 is 0 Å². The average molecular weight is 727 g/mol. The third-order valence-electron chi connectivity index (χ3n) is 11.4. The molecule has 0 spiro atoms. The van der Waals surface area contributed by atoms with Crippen molar-refractivity contribution in [2.24, 2.45) is 0 Å². The first kappa shape index (κ1) is 31.6. The van der Waals surface area contributed by atoms with Gasteiger partial charge in [0.25, 0.3) is 0 Å². The number of para-hydroxylation sites is 1. The molecule has 1 aliphatic rings. The number of aromatic nitrogens is 4. The van der Waals surface area contributed by atoms with Crippen LogP contribution < -0.4 is 0 Å². The molecule has 0 radical (unpaired) electrons. The Hall–Kier alpha value is -7.76. The molecule has 0 saturated heterocycles. The Labute approximate surface area is 327 Å². The molecule has 0 fully saturated rings. The van der Waals surface area contributed by atoms with E-state index in [9.17, 15) is 0 Å². The number of rotatable bonds is 5. The van der Waals surface area contributed by atoms with E-state index in [1.807, 2.05) is 54.7 Å². The smallest absolute Gasteiger partial charge is 0.164 e. The van der Waals surface area contributed by atoms with Crippen molar-refractivity contribution in [2.45, 2.75) is 0 Å². The zero-order valence-corrected chi connectivity index (χ0v) is 30.5. The van der Waals surface area contributed by atoms with Crippen LogP contribution in [0.1, 0.15) is 0 Å². The molecule has 5 nitrogen and oxygen atoms in total. The van der Waals surface area contributed by atoms with Crippen molar-refractivity contribution >= 4 is 43.5 Å². The summed E-state index contributed by atoms with van der Waals surface area (Å²) in [6.07, 6.45) is 1.90. The fourth-order valence-electron chi connectivity index (χ4n) is 8.69. The molecule has 0 aliphatic heterocycles. The number of fused-ring (bicyclic) bond motifs is 7. The molecule has 0 saturated carbocycles. The van der Waals surface area contributed by atoms with Crippen molar-refractivity contribution in [3.63, 3.8) is 0 Å². The molecule has 5 heteroatoms. The summed E-state index contributed by atoms with van der Waals surface area (Å²) in [5.41, 5.74) is 13.8. The van der Waals surface area contributed by atoms with Crippen molar-refractivity contribution in [3.05, 3.63) is 182 Å². The largest absolute Gasteiger partial charge is 0.456 e. The Kier molecular flexibility index (Phi) is 6.86. The summed E-state index contributed by atoms with van der Waals surface area (Å²) < 4.78 is 6.27. The van der Waals surface area contributed by atoms with Crippen LogP contribution in [-0.2, 0) is 0 Å². The van der Waals surface area contributed by atoms with Gasteiger partial charge >= 0.3 is 0 Å². The number of furan rings is 1. The normalized spacial score (nSPS) is 11.9. The molecule has 0 atom stereocenters. The first-order valence-electron chi connectivity index (χ1n) is 19.1. The Bertz CT molecular complexity index is 3400. The van der Waals surface area contributed by atoms with Gasteiger partial charge in [-0.1, -0.05) is 146 Å². The molecule has 0 amide bonds. The van der Waals surface area contributed by atoms with E-state index in [1.54, 1.807) is 0 Å². The fourth-order valence-corrected chi connectivity index (χ4v) is 8.69. The summed E-state index contributed by atoms with van der Waals surface area (Å²) in [6, 6.07) is 61.4. The minimum Gasteiger partial charge on any atom is -0.456 e. The van der Waals surface area contributed by atoms with E-state index in [4.69, 9.17) is 24.4 Å². The Morgan fingerprint density at radius 1 is 0.333 bits per heavy atom. The maximum absolute atomic E-state index is 6.27. The van der Waals surface area contributed by atoms with Crippen LogP contribution >= 0.6 is 0 Å². The molecule has 57 heavy (non-hydrogen) atoms. The van der Waals surface area contributed by atoms with Gasteiger partial charge < -0.3 is 4.42 Å². The van der Waals surface area contributed by atoms with Gasteiger partial charge in [-0.15, -0.1) is 0 Å². The summed E-state index contributed by atoms with van der Waals surface area (Å²) in [4.78, 5) is 20.1. The van der Waals surface area contributed by atoms with E-state index in [0.29, 0.717) is 17.5 Å². The van der Waals surface area contributed by atoms with E-state index in [0.717, 1.165) is 77.3 Å². The third kappa shape index (κ3) is 4.96. The van der Waals surface area contributed by atoms with Gasteiger partial charge in [0.2, 0.25) is 0 Å². The number of benzene rings is 8. The van der Waals surface area contributed by atoms with Crippen LogP contribution in [0.25, 0.3) is 122 Å². The molecule has 264 valence electrons. The van der Waals surface area contributed by atoms with Crippen LogP contribution in [0.15, 0.2) is 187 Å². The highest BCUT2D eigenvalue weighted by Gasteiger charge is 2.23. The number of hydrogen-bond acceptors (Lipinski definition) is 5. The molecule has 1 aliphatic carbocycles. The maximum Gasteiger partial charge on any atom is 0.164 e. The highest BCUT2D eigenvalue weighted by molar-refractivity contribution is 6.17. The highest BCUT2D eigenvalue weighted by Crippen LogP contribution is 2.47. The van der Waals surface area contributed by atoms with E-state index in [2.05, 4.69) is 127 Å². The van der Waals surface area contributed by atoms with Crippen molar-refractivity contribution in [3.8, 4) is 78.8 Å². The molecular formula is C52H30N4O. The SMILES string of the molecule is c1ccc(-c2nc(-c3ccc(-c4ccc5c(c4)-c4cccc6ccnc-5c46)cc3)nc(-c3ccc(-c4cccc5oc6ccccc6c45)c4ccccc34)n2)cc1. The Morgan fingerprint density at radius 2 is 0.930 bits per heavy atom. The fraction of sp³-hybridized carbons (Fsp3) is 0. The van der Waals surface area contributed by atoms with Crippen LogP contribution in [-0.4, -0.2) is 19.9 Å². The molecule has 12 rings (SSSR count). The van der Waals surface area contributed by atoms with Crippen molar-refractivity contribution < 1.29 is 4.42 Å². The molecule has 0 N–H and O–H groups in total. The third-order valence-corrected chi connectivity index (χ3v) is 11.4. The van der Waals surface area contributed by atoms with Crippen molar-refractivity contribution in [1.29, 1.82) is 0 Å². The van der Waals surface area contributed by atoms with E-state index in [-0.39, 0.29) is 0 Å². The predicted octanol–water partition coefficient (Wildman–Crippen LogP) is 13.5. The molecule has 0 bridgehead atoms. The summed E-state index contributed by atoms with van der Waals surface area (Å²) in [6.45, 7) is 0. The standard InChI is InChI=1S/C52H30N4O/c1-2-10-33(11-3-1)50-54-51(34-22-20-31(21-23-34)35-24-25-41-44(30-35)40-16-8-12-32-28-29-53-49(41)47(32)40)56-52(55-50)42-27-26-38(36-13-4-5-14-37(36)42)39-17-9-19-46-48(39)43-15-6-7-18-45(43)57-46/h1-30H. The van der Waals surface area contributed by atoms with Gasteiger partial charge in [0, 0.05) is 44.6 Å². The lowest BCUT2D eigenvalue weighted by atomic mass is 9.92. The minimum atomic E-state index is 0.621. The lowest BCUT2D eigenvalue weighted by Crippen LogP contribution is -2.00. The lowest BCUT2D eigenvalue weighted by Gasteiger charge is -2.14. The van der Waals surface area contributed by atoms with Gasteiger partial charge in [-0.2, -0.15) is 0 Å². The van der Waals surface area contributed by atoms with Crippen LogP contribution in [0.5, 0.6) is 0 Å². The van der Waals surface area contributed by atoms with E-state index >= 15 is 0 Å². The van der Waals surface area contributed by atoms with Gasteiger partial charge in [0.1, 0.15) is 11.2 Å². The Morgan fingerprint density at radius 3 is 1.75 bits per heavy atom. The molecule has 8 aromatic carbocycles. The van der Waals surface area contributed by atoms with Crippen LogP contribution in [0.3, 0.4) is 0 Å². The zero-order valence-electron chi connectivity index (χ0n) is 30.5. The van der Waals surface area contributed by atoms with Gasteiger partial charge in [-0.05, 0) is 79.9 Å². The second-order valence-corrected chi connectivity index (χ2v) is 14.6. The highest BCUT2D eigenvalue weighted by atomic mass is 16.3. The molecule has 11 aromatic rings. The summed E-state index contributed by atoms with van der Waals surface area (Å²) in [7, 11) is 0. The van der Waals surface area contributed by atoms with Crippen molar-refractivity contribution in [2.75, 3.05) is 0 Å². The molecule has 3 heterocycles. The summed E-state index contributed by atoms with van der Waals surface area (Å²) in [5, 5.41) is 6.85. The van der Waals surface area contributed by atoms with Crippen molar-refractivity contribution in [1.82, 2.24) is 19.9 Å². The number of nitrogens with zero attached hydrogens (tertiary/aromatic N) is 4. The predicted molar refractivity (Wildman–Crippen MR) is 232 cm³/mol. The maximum atomic E-state index is 6.27. The van der Waals surface area contributed by atoms with Gasteiger partial charge in [0.05, 0.1) is 5.69 Å². The minimum absolute atomic E-state index is 0.621. The zero-order chi connectivity index (χ0) is 37.5. The lowest BCUT2D eigenvalue weighted by molar-refractivity contribution is 0.669. The van der Waals surface area contributed by atoms with Gasteiger partial charge in [-0.25, -0.2) is 15.0 Å². The number of pyridine rings is 1. The molecular weight excluding hydrogens is 697 g/mol. The Balaban J connectivity index is 0.974. The van der Waals surface area contributed by atoms with Crippen LogP contribution in [0.2, 0.25) is 0 Å². The first-order valence-corrected chi connectivity index (χ1v) is 19.1. The summed E-state index contributed by atoms with van der Waals surface area (Å²) in [5.74, 6) is 1.87. The molecule has 0 unspecified atom stereocenters. The molecule has 3 aromatic heterocycles. The number of hydrogen-bond donors (Lipinski definition) is 0.